The highest BCUT2D eigenvalue weighted by atomic mass is 32.2. The fourth-order valence-electron chi connectivity index (χ4n) is 2.67. The van der Waals surface area contributed by atoms with Crippen LogP contribution in [0.15, 0.2) is 71.6 Å². The molecule has 1 amide bonds. The van der Waals surface area contributed by atoms with Crippen molar-refractivity contribution in [1.82, 2.24) is 0 Å². The fraction of sp³-hybridized carbons (Fsp3) is 0.0500. The van der Waals surface area contributed by atoms with E-state index < -0.39 is 38.0 Å². The lowest BCUT2D eigenvalue weighted by atomic mass is 10.0. The molecule has 4 nitrogen and oxygen atoms in total. The third-order valence-electron chi connectivity index (χ3n) is 4.05. The Bertz CT molecular complexity index is 1110. The van der Waals surface area contributed by atoms with Gasteiger partial charge in [0.25, 0.3) is 0 Å². The molecule has 0 spiro atoms. The number of rotatable bonds is 5. The molecule has 7 heteroatoms. The molecule has 0 fully saturated rings. The molecule has 0 aliphatic carbocycles. The smallest absolute Gasteiger partial charge is 0.248 e. The zero-order valence-electron chi connectivity index (χ0n) is 14.0. The van der Waals surface area contributed by atoms with E-state index in [0.29, 0.717) is 5.56 Å². The molecule has 0 radical (unpaired) electrons. The minimum atomic E-state index is -4.24. The van der Waals surface area contributed by atoms with Crippen molar-refractivity contribution in [3.63, 3.8) is 0 Å². The summed E-state index contributed by atoms with van der Waals surface area (Å²) in [4.78, 5) is 10.6. The molecule has 3 aromatic carbocycles. The van der Waals surface area contributed by atoms with E-state index in [4.69, 9.17) is 5.73 Å². The average Bonchev–Trinajstić information content (AvgIpc) is 2.64. The van der Waals surface area contributed by atoms with Gasteiger partial charge in [-0.2, -0.15) is 0 Å². The SMILES string of the molecule is NC(=O)c1ccc(F)c(S(=O)(=O)Cc2cc(-c3ccccc3)ccc2F)c1. The van der Waals surface area contributed by atoms with Crippen LogP contribution >= 0.6 is 0 Å². The molecule has 27 heavy (non-hydrogen) atoms. The van der Waals surface area contributed by atoms with Gasteiger partial charge in [-0.15, -0.1) is 0 Å². The van der Waals surface area contributed by atoms with Crippen LogP contribution in [0.25, 0.3) is 11.1 Å². The first-order valence-corrected chi connectivity index (χ1v) is 9.59. The maximum atomic E-state index is 14.2. The van der Waals surface area contributed by atoms with Crippen molar-refractivity contribution in [3.05, 3.63) is 89.5 Å². The molecule has 0 aromatic heterocycles. The zero-order valence-corrected chi connectivity index (χ0v) is 14.8. The van der Waals surface area contributed by atoms with Crippen LogP contribution in [0.1, 0.15) is 15.9 Å². The molecule has 2 N–H and O–H groups in total. The minimum Gasteiger partial charge on any atom is -0.366 e. The van der Waals surface area contributed by atoms with Crippen molar-refractivity contribution >= 4 is 15.7 Å². The monoisotopic (exact) mass is 387 g/mol. The molecule has 0 saturated carbocycles. The standard InChI is InChI=1S/C20H15F2NO3S/c21-17-8-6-14(13-4-2-1-3-5-13)10-16(17)12-27(25,26)19-11-15(20(23)24)7-9-18(19)22/h1-11H,12H2,(H2,23,24). The van der Waals surface area contributed by atoms with Crippen molar-refractivity contribution < 1.29 is 22.0 Å². The van der Waals surface area contributed by atoms with Gasteiger partial charge in [0.1, 0.15) is 16.5 Å². The van der Waals surface area contributed by atoms with Crippen LogP contribution in [0.4, 0.5) is 8.78 Å². The number of sulfone groups is 1. The Morgan fingerprint density at radius 3 is 2.19 bits per heavy atom. The second-order valence-corrected chi connectivity index (χ2v) is 7.90. The minimum absolute atomic E-state index is 0.0970. The van der Waals surface area contributed by atoms with Crippen LogP contribution in [0.5, 0.6) is 0 Å². The van der Waals surface area contributed by atoms with E-state index in [0.717, 1.165) is 23.8 Å². The number of carbonyl (C=O) groups is 1. The number of amides is 1. The Labute approximate surface area is 155 Å². The van der Waals surface area contributed by atoms with Gasteiger partial charge in [0, 0.05) is 11.1 Å². The summed E-state index contributed by atoms with van der Waals surface area (Å²) < 4.78 is 53.5. The largest absolute Gasteiger partial charge is 0.366 e. The highest BCUT2D eigenvalue weighted by Crippen LogP contribution is 2.26. The summed E-state index contributed by atoms with van der Waals surface area (Å²) in [6, 6.07) is 16.0. The highest BCUT2D eigenvalue weighted by molar-refractivity contribution is 7.90. The first-order valence-electron chi connectivity index (χ1n) is 7.94. The van der Waals surface area contributed by atoms with Crippen molar-refractivity contribution in [2.24, 2.45) is 5.73 Å². The Hall–Kier alpha value is -3.06. The van der Waals surface area contributed by atoms with Gasteiger partial charge in [-0.1, -0.05) is 36.4 Å². The summed E-state index contributed by atoms with van der Waals surface area (Å²) in [6.07, 6.45) is 0. The van der Waals surface area contributed by atoms with Gasteiger partial charge in [-0.05, 0) is 41.5 Å². The van der Waals surface area contributed by atoms with E-state index in [1.54, 1.807) is 12.1 Å². The molecule has 0 atom stereocenters. The molecule has 0 saturated heterocycles. The van der Waals surface area contributed by atoms with E-state index >= 15 is 0 Å². The molecule has 0 aliphatic rings. The van der Waals surface area contributed by atoms with Crippen molar-refractivity contribution in [3.8, 4) is 11.1 Å². The van der Waals surface area contributed by atoms with Crippen LogP contribution in [0.2, 0.25) is 0 Å². The molecule has 0 bridgehead atoms. The number of halogens is 2. The quantitative estimate of drug-likeness (QED) is 0.725. The number of benzene rings is 3. The molecule has 0 unspecified atom stereocenters. The van der Waals surface area contributed by atoms with Gasteiger partial charge in [0.05, 0.1) is 5.75 Å². The van der Waals surface area contributed by atoms with Gasteiger partial charge in [-0.3, -0.25) is 4.79 Å². The Kier molecular flexibility index (Phi) is 5.05. The lowest BCUT2D eigenvalue weighted by Gasteiger charge is -2.10. The Morgan fingerprint density at radius 1 is 0.852 bits per heavy atom. The van der Waals surface area contributed by atoms with Crippen molar-refractivity contribution in [2.45, 2.75) is 10.6 Å². The fourth-order valence-corrected chi connectivity index (χ4v) is 4.13. The number of hydrogen-bond donors (Lipinski definition) is 1. The van der Waals surface area contributed by atoms with E-state index in [-0.39, 0.29) is 11.1 Å². The van der Waals surface area contributed by atoms with Crippen molar-refractivity contribution in [1.29, 1.82) is 0 Å². The number of nitrogens with two attached hydrogens (primary N) is 1. The van der Waals surface area contributed by atoms with Gasteiger partial charge in [0.15, 0.2) is 9.84 Å². The number of carbonyl (C=O) groups excluding carboxylic acids is 1. The summed E-state index contributed by atoms with van der Waals surface area (Å²) in [5, 5.41) is 0. The first-order chi connectivity index (χ1) is 12.8. The van der Waals surface area contributed by atoms with Gasteiger partial charge in [0.2, 0.25) is 5.91 Å². The molecule has 3 rings (SSSR count). The van der Waals surface area contributed by atoms with E-state index in [2.05, 4.69) is 0 Å². The lowest BCUT2D eigenvalue weighted by Crippen LogP contribution is -2.14. The van der Waals surface area contributed by atoms with Crippen LogP contribution in [0, 0.1) is 11.6 Å². The summed E-state index contributed by atoms with van der Waals surface area (Å²) in [5.41, 5.74) is 6.30. The predicted molar refractivity (Wildman–Crippen MR) is 97.6 cm³/mol. The predicted octanol–water partition coefficient (Wildman–Crippen LogP) is 3.70. The number of primary amides is 1. The zero-order chi connectivity index (χ0) is 19.6. The summed E-state index contributed by atoms with van der Waals surface area (Å²) in [7, 11) is -4.24. The lowest BCUT2D eigenvalue weighted by molar-refractivity contribution is 0.1000. The van der Waals surface area contributed by atoms with Gasteiger partial charge < -0.3 is 5.73 Å². The Morgan fingerprint density at radius 2 is 1.52 bits per heavy atom. The second-order valence-electron chi connectivity index (χ2n) is 5.94. The van der Waals surface area contributed by atoms with Crippen LogP contribution in [-0.4, -0.2) is 14.3 Å². The molecule has 138 valence electrons. The average molecular weight is 387 g/mol. The highest BCUT2D eigenvalue weighted by Gasteiger charge is 2.23. The summed E-state index contributed by atoms with van der Waals surface area (Å²) in [5.74, 6) is -3.38. The molecular weight excluding hydrogens is 372 g/mol. The van der Waals surface area contributed by atoms with Gasteiger partial charge in [-0.25, -0.2) is 17.2 Å². The second kappa shape index (κ2) is 7.28. The number of hydrogen-bond acceptors (Lipinski definition) is 3. The molecule has 3 aromatic rings. The van der Waals surface area contributed by atoms with Gasteiger partial charge >= 0.3 is 0 Å². The van der Waals surface area contributed by atoms with Crippen LogP contribution in [0.3, 0.4) is 0 Å². The maximum absolute atomic E-state index is 14.2. The topological polar surface area (TPSA) is 77.2 Å². The maximum Gasteiger partial charge on any atom is 0.248 e. The van der Waals surface area contributed by atoms with Crippen molar-refractivity contribution in [2.75, 3.05) is 0 Å². The Balaban J connectivity index is 2.02. The van der Waals surface area contributed by atoms with Crippen LogP contribution < -0.4 is 5.73 Å². The summed E-state index contributed by atoms with van der Waals surface area (Å²) >= 11 is 0. The van der Waals surface area contributed by atoms with E-state index in [1.165, 1.54) is 18.2 Å². The molecular formula is C20H15F2NO3S. The third-order valence-corrected chi connectivity index (χ3v) is 5.72. The molecule has 0 heterocycles. The van der Waals surface area contributed by atoms with E-state index in [9.17, 15) is 22.0 Å². The first kappa shape index (κ1) is 18.7. The summed E-state index contributed by atoms with van der Waals surface area (Å²) in [6.45, 7) is 0. The molecule has 0 aliphatic heterocycles. The third kappa shape index (κ3) is 4.03. The normalized spacial score (nSPS) is 11.3. The van der Waals surface area contributed by atoms with Crippen LogP contribution in [-0.2, 0) is 15.6 Å². The van der Waals surface area contributed by atoms with E-state index in [1.807, 2.05) is 18.2 Å².